The van der Waals surface area contributed by atoms with Crippen molar-refractivity contribution >= 4 is 11.3 Å². The van der Waals surface area contributed by atoms with Crippen LogP contribution >= 0.6 is 11.3 Å². The summed E-state index contributed by atoms with van der Waals surface area (Å²) >= 11 is 1.66. The van der Waals surface area contributed by atoms with E-state index in [1.54, 1.807) is 18.4 Å². The van der Waals surface area contributed by atoms with Gasteiger partial charge in [0.25, 0.3) is 0 Å². The van der Waals surface area contributed by atoms with Gasteiger partial charge in [0.05, 0.1) is 26.4 Å². The van der Waals surface area contributed by atoms with Gasteiger partial charge in [0.15, 0.2) is 0 Å². The minimum absolute atomic E-state index is 0.348. The average Bonchev–Trinajstić information content (AvgIpc) is 3.00. The quantitative estimate of drug-likeness (QED) is 0.771. The fourth-order valence-corrected chi connectivity index (χ4v) is 2.89. The van der Waals surface area contributed by atoms with E-state index in [-0.39, 0.29) is 0 Å². The largest absolute Gasteiger partial charge is 0.497 e. The van der Waals surface area contributed by atoms with Crippen molar-refractivity contribution in [1.82, 2.24) is 4.90 Å². The number of hydrogen-bond acceptors (Lipinski definition) is 5. The topological polar surface area (TPSA) is 41.9 Å². The predicted molar refractivity (Wildman–Crippen MR) is 89.3 cm³/mol. The molecule has 0 bridgehead atoms. The maximum absolute atomic E-state index is 10.0. The average molecular weight is 321 g/mol. The third-order valence-corrected chi connectivity index (χ3v) is 4.09. The number of nitrogens with zero attached hydrogens (tertiary/aromatic N) is 1. The van der Waals surface area contributed by atoms with Gasteiger partial charge >= 0.3 is 0 Å². The summed E-state index contributed by atoms with van der Waals surface area (Å²) in [4.78, 5) is 3.26. The zero-order chi connectivity index (χ0) is 15.8. The molecule has 2 rings (SSSR count). The van der Waals surface area contributed by atoms with Crippen molar-refractivity contribution < 1.29 is 14.6 Å². The Kier molecular flexibility index (Phi) is 6.86. The summed E-state index contributed by atoms with van der Waals surface area (Å²) in [5, 5.41) is 12.1. The lowest BCUT2D eigenvalue weighted by Crippen LogP contribution is -2.31. The second-order valence-electron chi connectivity index (χ2n) is 5.30. The van der Waals surface area contributed by atoms with E-state index in [0.717, 1.165) is 17.9 Å². The lowest BCUT2D eigenvalue weighted by molar-refractivity contribution is 0.0135. The minimum Gasteiger partial charge on any atom is -0.497 e. The number of benzene rings is 1. The van der Waals surface area contributed by atoms with Gasteiger partial charge in [-0.1, -0.05) is 18.2 Å². The zero-order valence-electron chi connectivity index (χ0n) is 13.1. The highest BCUT2D eigenvalue weighted by Crippen LogP contribution is 2.14. The number of aliphatic hydroxyl groups excluding tert-OH is 1. The Bertz CT molecular complexity index is 545. The molecule has 0 aliphatic rings. The molecule has 0 amide bonds. The molecule has 0 unspecified atom stereocenters. The first kappa shape index (κ1) is 17.0. The third-order valence-electron chi connectivity index (χ3n) is 3.24. The van der Waals surface area contributed by atoms with Crippen molar-refractivity contribution in [2.24, 2.45) is 0 Å². The normalized spacial score (nSPS) is 12.5. The van der Waals surface area contributed by atoms with Crippen LogP contribution in [0.25, 0.3) is 0 Å². The second kappa shape index (κ2) is 8.90. The first-order chi connectivity index (χ1) is 10.7. The van der Waals surface area contributed by atoms with Crippen LogP contribution in [0.2, 0.25) is 0 Å². The number of thiophene rings is 1. The summed E-state index contributed by atoms with van der Waals surface area (Å²) in [6, 6.07) is 12.0. The van der Waals surface area contributed by atoms with Crippen LogP contribution in [-0.4, -0.2) is 43.4 Å². The maximum atomic E-state index is 10.0. The van der Waals surface area contributed by atoms with Gasteiger partial charge in [-0.15, -0.1) is 11.3 Å². The molecular weight excluding hydrogens is 298 g/mol. The summed E-state index contributed by atoms with van der Waals surface area (Å²) in [5.74, 6) is 0.853. The number of hydrogen-bond donors (Lipinski definition) is 1. The molecule has 0 radical (unpaired) electrons. The molecule has 1 aromatic heterocycles. The number of aliphatic hydroxyl groups is 1. The summed E-state index contributed by atoms with van der Waals surface area (Å²) in [6.45, 7) is 2.25. The molecule has 0 aliphatic heterocycles. The number of likely N-dealkylation sites (N-methyl/N-ethyl adjacent to an activating group) is 1. The van der Waals surface area contributed by atoms with Crippen molar-refractivity contribution in [3.63, 3.8) is 0 Å². The van der Waals surface area contributed by atoms with Crippen LogP contribution in [0.1, 0.15) is 10.4 Å². The molecule has 1 aromatic carbocycles. The molecule has 0 saturated carbocycles. The van der Waals surface area contributed by atoms with Crippen LogP contribution in [-0.2, 0) is 17.9 Å². The van der Waals surface area contributed by atoms with Crippen molar-refractivity contribution in [2.75, 3.05) is 27.3 Å². The lowest BCUT2D eigenvalue weighted by atomic mass is 10.2. The van der Waals surface area contributed by atoms with E-state index in [1.807, 2.05) is 42.8 Å². The van der Waals surface area contributed by atoms with E-state index in [2.05, 4.69) is 11.0 Å². The van der Waals surface area contributed by atoms with Gasteiger partial charge in [0.1, 0.15) is 5.75 Å². The SMILES string of the molecule is COc1cccc(CN(C)C[C@H](O)COCc2cccs2)c1. The monoisotopic (exact) mass is 321 g/mol. The fourth-order valence-electron chi connectivity index (χ4n) is 2.25. The molecule has 1 atom stereocenters. The van der Waals surface area contributed by atoms with Crippen LogP contribution in [0.5, 0.6) is 5.75 Å². The maximum Gasteiger partial charge on any atom is 0.119 e. The van der Waals surface area contributed by atoms with Crippen molar-refractivity contribution in [1.29, 1.82) is 0 Å². The Labute approximate surface area is 135 Å². The molecule has 120 valence electrons. The Balaban J connectivity index is 1.70. The third kappa shape index (κ3) is 5.77. The van der Waals surface area contributed by atoms with Gasteiger partial charge in [-0.05, 0) is 36.2 Å². The standard InChI is InChI=1S/C17H23NO3S/c1-18(10-14-5-3-6-16(9-14)20-2)11-15(19)12-21-13-17-7-4-8-22-17/h3-9,15,19H,10-13H2,1-2H3/t15-/m0/s1. The second-order valence-corrected chi connectivity index (χ2v) is 6.33. The Morgan fingerprint density at radius 2 is 2.14 bits per heavy atom. The number of methoxy groups -OCH3 is 1. The van der Waals surface area contributed by atoms with E-state index >= 15 is 0 Å². The van der Waals surface area contributed by atoms with Crippen LogP contribution in [0.3, 0.4) is 0 Å². The Hall–Kier alpha value is -1.40. The first-order valence-corrected chi connectivity index (χ1v) is 8.15. The van der Waals surface area contributed by atoms with Gasteiger partial charge < -0.3 is 14.6 Å². The number of rotatable bonds is 9. The minimum atomic E-state index is -0.490. The summed E-state index contributed by atoms with van der Waals surface area (Å²) in [7, 11) is 3.65. The molecule has 2 aromatic rings. The molecule has 4 nitrogen and oxygen atoms in total. The highest BCUT2D eigenvalue weighted by Gasteiger charge is 2.09. The lowest BCUT2D eigenvalue weighted by Gasteiger charge is -2.20. The van der Waals surface area contributed by atoms with Crippen LogP contribution in [0.4, 0.5) is 0 Å². The molecule has 0 saturated heterocycles. The van der Waals surface area contributed by atoms with E-state index < -0.39 is 6.10 Å². The molecule has 0 spiro atoms. The molecule has 1 N–H and O–H groups in total. The smallest absolute Gasteiger partial charge is 0.119 e. The van der Waals surface area contributed by atoms with Crippen LogP contribution in [0, 0.1) is 0 Å². The zero-order valence-corrected chi connectivity index (χ0v) is 13.9. The van der Waals surface area contributed by atoms with E-state index in [4.69, 9.17) is 9.47 Å². The number of ether oxygens (including phenoxy) is 2. The molecular formula is C17H23NO3S. The molecule has 0 aliphatic carbocycles. The Morgan fingerprint density at radius 1 is 1.27 bits per heavy atom. The molecule has 1 heterocycles. The summed E-state index contributed by atoms with van der Waals surface area (Å²) < 4.78 is 10.8. The van der Waals surface area contributed by atoms with E-state index in [1.165, 1.54) is 4.88 Å². The van der Waals surface area contributed by atoms with Gasteiger partial charge in [0.2, 0.25) is 0 Å². The highest BCUT2D eigenvalue weighted by atomic mass is 32.1. The summed E-state index contributed by atoms with van der Waals surface area (Å²) in [6.07, 6.45) is -0.490. The molecule has 0 fully saturated rings. The van der Waals surface area contributed by atoms with Crippen molar-refractivity contribution in [2.45, 2.75) is 19.3 Å². The van der Waals surface area contributed by atoms with Gasteiger partial charge in [-0.25, -0.2) is 0 Å². The first-order valence-electron chi connectivity index (χ1n) is 7.27. The van der Waals surface area contributed by atoms with Gasteiger partial charge in [0, 0.05) is 18.0 Å². The van der Waals surface area contributed by atoms with Crippen LogP contribution in [0.15, 0.2) is 41.8 Å². The van der Waals surface area contributed by atoms with Gasteiger partial charge in [-0.3, -0.25) is 4.90 Å². The van der Waals surface area contributed by atoms with E-state index in [0.29, 0.717) is 19.8 Å². The molecule has 5 heteroatoms. The van der Waals surface area contributed by atoms with Gasteiger partial charge in [-0.2, -0.15) is 0 Å². The Morgan fingerprint density at radius 3 is 2.86 bits per heavy atom. The summed E-state index contributed by atoms with van der Waals surface area (Å²) in [5.41, 5.74) is 1.16. The fraction of sp³-hybridized carbons (Fsp3) is 0.412. The highest BCUT2D eigenvalue weighted by molar-refractivity contribution is 7.09. The van der Waals surface area contributed by atoms with Crippen molar-refractivity contribution in [3.05, 3.63) is 52.2 Å². The molecule has 22 heavy (non-hydrogen) atoms. The predicted octanol–water partition coefficient (Wildman–Crippen LogP) is 2.77. The van der Waals surface area contributed by atoms with Crippen LogP contribution < -0.4 is 4.74 Å². The van der Waals surface area contributed by atoms with E-state index in [9.17, 15) is 5.11 Å². The van der Waals surface area contributed by atoms with Crippen molar-refractivity contribution in [3.8, 4) is 5.75 Å².